The molecule has 0 radical (unpaired) electrons. The Kier molecular flexibility index (Phi) is 5.69. The van der Waals surface area contributed by atoms with Gasteiger partial charge in [-0.3, -0.25) is 4.90 Å². The molecule has 0 aromatic heterocycles. The predicted molar refractivity (Wildman–Crippen MR) is 84.6 cm³/mol. The van der Waals surface area contributed by atoms with E-state index >= 15 is 0 Å². The van der Waals surface area contributed by atoms with Gasteiger partial charge in [-0.05, 0) is 38.8 Å². The maximum absolute atomic E-state index is 6.02. The van der Waals surface area contributed by atoms with Crippen LogP contribution in [0.1, 0.15) is 32.1 Å². The first kappa shape index (κ1) is 15.5. The van der Waals surface area contributed by atoms with Crippen molar-refractivity contribution in [3.63, 3.8) is 0 Å². The summed E-state index contributed by atoms with van der Waals surface area (Å²) in [6.45, 7) is 11.3. The van der Waals surface area contributed by atoms with Gasteiger partial charge in [0.15, 0.2) is 0 Å². The topological polar surface area (TPSA) is 24.9 Å². The zero-order chi connectivity index (χ0) is 14.5. The van der Waals surface area contributed by atoms with E-state index in [0.717, 1.165) is 26.1 Å². The first-order chi connectivity index (χ1) is 10.4. The Morgan fingerprint density at radius 1 is 1.10 bits per heavy atom. The van der Waals surface area contributed by atoms with E-state index in [1.807, 2.05) is 6.08 Å². The largest absolute Gasteiger partial charge is 0.374 e. The average molecular weight is 294 g/mol. The Morgan fingerprint density at radius 2 is 1.95 bits per heavy atom. The lowest BCUT2D eigenvalue weighted by Crippen LogP contribution is -2.47. The molecule has 3 unspecified atom stereocenters. The average Bonchev–Trinajstić information content (AvgIpc) is 2.82. The van der Waals surface area contributed by atoms with Crippen molar-refractivity contribution in [1.29, 1.82) is 0 Å². The van der Waals surface area contributed by atoms with Gasteiger partial charge < -0.3 is 14.4 Å². The van der Waals surface area contributed by atoms with Crippen molar-refractivity contribution in [2.45, 2.75) is 50.4 Å². The van der Waals surface area contributed by atoms with Gasteiger partial charge in [-0.2, -0.15) is 0 Å². The molecule has 4 nitrogen and oxygen atoms in total. The van der Waals surface area contributed by atoms with Gasteiger partial charge in [0.05, 0.1) is 25.4 Å². The van der Waals surface area contributed by atoms with E-state index in [1.165, 1.54) is 45.3 Å². The molecule has 4 heteroatoms. The molecule has 0 amide bonds. The highest BCUT2D eigenvalue weighted by Gasteiger charge is 2.42. The van der Waals surface area contributed by atoms with Crippen LogP contribution in [0, 0.1) is 0 Å². The highest BCUT2D eigenvalue weighted by molar-refractivity contribution is 4.96. The molecular formula is C17H30N2O2. The molecule has 0 aromatic rings. The number of hydrogen-bond acceptors (Lipinski definition) is 4. The second-order valence-corrected chi connectivity index (χ2v) is 6.58. The van der Waals surface area contributed by atoms with Gasteiger partial charge in [-0.15, -0.1) is 6.58 Å². The fraction of sp³-hybridized carbons (Fsp3) is 0.882. The third kappa shape index (κ3) is 3.86. The summed E-state index contributed by atoms with van der Waals surface area (Å²) in [5.41, 5.74) is 0. The highest BCUT2D eigenvalue weighted by Crippen LogP contribution is 2.31. The molecule has 2 saturated heterocycles. The summed E-state index contributed by atoms with van der Waals surface area (Å²) in [6.07, 6.45) is 8.92. The zero-order valence-corrected chi connectivity index (χ0v) is 13.2. The van der Waals surface area contributed by atoms with Gasteiger partial charge in [0.25, 0.3) is 0 Å². The van der Waals surface area contributed by atoms with Crippen LogP contribution in [0.15, 0.2) is 12.7 Å². The van der Waals surface area contributed by atoms with Gasteiger partial charge >= 0.3 is 0 Å². The molecule has 3 atom stereocenters. The number of hydrogen-bond donors (Lipinski definition) is 0. The summed E-state index contributed by atoms with van der Waals surface area (Å²) in [5.74, 6) is 0. The monoisotopic (exact) mass is 294 g/mol. The lowest BCUT2D eigenvalue weighted by Gasteiger charge is -2.34. The second-order valence-electron chi connectivity index (χ2n) is 6.58. The number of rotatable bonds is 6. The molecular weight excluding hydrogens is 264 g/mol. The lowest BCUT2D eigenvalue weighted by atomic mass is 10.1. The van der Waals surface area contributed by atoms with Crippen molar-refractivity contribution < 1.29 is 9.47 Å². The van der Waals surface area contributed by atoms with Gasteiger partial charge in [0.2, 0.25) is 0 Å². The van der Waals surface area contributed by atoms with Crippen LogP contribution in [-0.4, -0.2) is 74.0 Å². The SMILES string of the molecule is C=CCOC1C2CCC1N(CCN1CCCCC1)CCO2. The van der Waals surface area contributed by atoms with Crippen molar-refractivity contribution in [2.75, 3.05) is 45.9 Å². The van der Waals surface area contributed by atoms with E-state index in [4.69, 9.17) is 9.47 Å². The van der Waals surface area contributed by atoms with E-state index in [0.29, 0.717) is 18.8 Å². The van der Waals surface area contributed by atoms with Crippen LogP contribution in [-0.2, 0) is 9.47 Å². The standard InChI is InChI=1S/C17H30N2O2/c1-2-13-21-17-15-6-7-16(17)20-14-12-19(15)11-10-18-8-4-3-5-9-18/h2,15-17H,1,3-14H2. The number of nitrogens with zero attached hydrogens (tertiary/aromatic N) is 2. The van der Waals surface area contributed by atoms with E-state index in [2.05, 4.69) is 16.4 Å². The van der Waals surface area contributed by atoms with Gasteiger partial charge in [0, 0.05) is 25.7 Å². The number of fused-ring (bicyclic) bond motifs is 2. The predicted octanol–water partition coefficient (Wildman–Crippen LogP) is 1.91. The fourth-order valence-corrected chi connectivity index (χ4v) is 4.10. The molecule has 2 bridgehead atoms. The van der Waals surface area contributed by atoms with E-state index < -0.39 is 0 Å². The van der Waals surface area contributed by atoms with Crippen LogP contribution < -0.4 is 0 Å². The van der Waals surface area contributed by atoms with Crippen LogP contribution in [0.3, 0.4) is 0 Å². The maximum atomic E-state index is 6.02. The van der Waals surface area contributed by atoms with Crippen LogP contribution in [0.4, 0.5) is 0 Å². The highest BCUT2D eigenvalue weighted by atomic mass is 16.5. The Morgan fingerprint density at radius 3 is 2.76 bits per heavy atom. The van der Waals surface area contributed by atoms with E-state index in [-0.39, 0.29) is 6.10 Å². The minimum atomic E-state index is 0.242. The molecule has 1 aliphatic carbocycles. The molecule has 0 spiro atoms. The molecule has 0 N–H and O–H groups in total. The lowest BCUT2D eigenvalue weighted by molar-refractivity contribution is -0.0446. The minimum absolute atomic E-state index is 0.242. The second kappa shape index (κ2) is 7.73. The van der Waals surface area contributed by atoms with Crippen molar-refractivity contribution in [3.8, 4) is 0 Å². The molecule has 2 aliphatic heterocycles. The summed E-state index contributed by atoms with van der Waals surface area (Å²) in [4.78, 5) is 5.25. The third-order valence-corrected chi connectivity index (χ3v) is 5.23. The van der Waals surface area contributed by atoms with Crippen molar-refractivity contribution in [2.24, 2.45) is 0 Å². The van der Waals surface area contributed by atoms with Crippen molar-refractivity contribution in [1.82, 2.24) is 9.80 Å². The Balaban J connectivity index is 1.54. The molecule has 120 valence electrons. The normalized spacial score (nSPS) is 34.8. The summed E-state index contributed by atoms with van der Waals surface area (Å²) in [6, 6.07) is 0.544. The van der Waals surface area contributed by atoms with Crippen LogP contribution in [0.25, 0.3) is 0 Å². The number of ether oxygens (including phenoxy) is 2. The van der Waals surface area contributed by atoms with E-state index in [9.17, 15) is 0 Å². The van der Waals surface area contributed by atoms with Crippen molar-refractivity contribution in [3.05, 3.63) is 12.7 Å². The van der Waals surface area contributed by atoms with Gasteiger partial charge in [0.1, 0.15) is 0 Å². The van der Waals surface area contributed by atoms with Crippen LogP contribution in [0.2, 0.25) is 0 Å². The number of piperidine rings is 1. The number of likely N-dealkylation sites (tertiary alicyclic amines) is 1. The van der Waals surface area contributed by atoms with Crippen LogP contribution in [0.5, 0.6) is 0 Å². The maximum Gasteiger partial charge on any atom is 0.0995 e. The van der Waals surface area contributed by atoms with Crippen molar-refractivity contribution >= 4 is 0 Å². The quantitative estimate of drug-likeness (QED) is 0.699. The Bertz CT molecular complexity index is 331. The van der Waals surface area contributed by atoms with E-state index in [1.54, 1.807) is 0 Å². The summed E-state index contributed by atoms with van der Waals surface area (Å²) < 4.78 is 12.0. The minimum Gasteiger partial charge on any atom is -0.374 e. The van der Waals surface area contributed by atoms with Crippen LogP contribution >= 0.6 is 0 Å². The third-order valence-electron chi connectivity index (χ3n) is 5.23. The molecule has 3 aliphatic rings. The fourth-order valence-electron chi connectivity index (χ4n) is 4.10. The summed E-state index contributed by atoms with van der Waals surface area (Å²) in [7, 11) is 0. The smallest absolute Gasteiger partial charge is 0.0995 e. The Hall–Kier alpha value is -0.420. The first-order valence-electron chi connectivity index (χ1n) is 8.69. The molecule has 3 fully saturated rings. The van der Waals surface area contributed by atoms with Gasteiger partial charge in [-0.1, -0.05) is 12.5 Å². The molecule has 0 aromatic carbocycles. The Labute approximate surface area is 129 Å². The molecule has 1 saturated carbocycles. The summed E-state index contributed by atoms with van der Waals surface area (Å²) in [5, 5.41) is 0. The molecule has 3 rings (SSSR count). The first-order valence-corrected chi connectivity index (χ1v) is 8.69. The molecule has 21 heavy (non-hydrogen) atoms. The van der Waals surface area contributed by atoms with Gasteiger partial charge in [-0.25, -0.2) is 0 Å². The zero-order valence-electron chi connectivity index (χ0n) is 13.2. The molecule has 2 heterocycles. The summed E-state index contributed by atoms with van der Waals surface area (Å²) >= 11 is 0.